The molecule has 0 saturated carbocycles. The van der Waals surface area contributed by atoms with Crippen LogP contribution in [0.15, 0.2) is 64.5 Å². The molecule has 1 aliphatic rings. The van der Waals surface area contributed by atoms with Crippen molar-refractivity contribution in [3.05, 3.63) is 72.1 Å². The fourth-order valence-corrected chi connectivity index (χ4v) is 6.68. The molecule has 1 aromatic carbocycles. The van der Waals surface area contributed by atoms with E-state index in [-0.39, 0.29) is 23.5 Å². The van der Waals surface area contributed by atoms with Gasteiger partial charge in [-0.25, -0.2) is 22.4 Å². The number of hydrogen-bond acceptors (Lipinski definition) is 8. The van der Waals surface area contributed by atoms with Gasteiger partial charge in [-0.05, 0) is 38.0 Å². The van der Waals surface area contributed by atoms with Crippen molar-refractivity contribution in [1.29, 1.82) is 0 Å². The Morgan fingerprint density at radius 2 is 1.92 bits per heavy atom. The number of aryl methyl sites for hydroxylation is 1. The maximum atomic E-state index is 13.5. The first-order valence-corrected chi connectivity index (χ1v) is 14.2. The second-order valence-corrected chi connectivity index (χ2v) is 11.5. The lowest BCUT2D eigenvalue weighted by atomic mass is 10.0. The third kappa shape index (κ3) is 4.39. The first-order chi connectivity index (χ1) is 18.9. The summed E-state index contributed by atoms with van der Waals surface area (Å²) in [5, 5.41) is 4.71. The van der Waals surface area contributed by atoms with Crippen molar-refractivity contribution in [2.75, 3.05) is 26.8 Å². The molecule has 0 aliphatic carbocycles. The number of piperidine rings is 1. The number of aromatic nitrogens is 5. The first kappa shape index (κ1) is 25.3. The van der Waals surface area contributed by atoms with E-state index in [0.29, 0.717) is 36.1 Å². The van der Waals surface area contributed by atoms with Crippen molar-refractivity contribution >= 4 is 38.0 Å². The van der Waals surface area contributed by atoms with E-state index in [1.165, 1.54) is 11.1 Å². The summed E-state index contributed by atoms with van der Waals surface area (Å²) in [6.07, 6.45) is 6.75. The molecule has 5 aromatic rings. The van der Waals surface area contributed by atoms with Gasteiger partial charge in [0.2, 0.25) is 5.91 Å². The van der Waals surface area contributed by atoms with Gasteiger partial charge in [0, 0.05) is 49.8 Å². The van der Waals surface area contributed by atoms with Crippen LogP contribution in [-0.4, -0.2) is 69.7 Å². The summed E-state index contributed by atoms with van der Waals surface area (Å²) in [6, 6.07) is 10.2. The number of ether oxygens (including phenoxy) is 1. The molecule has 6 rings (SSSR count). The highest BCUT2D eigenvalue weighted by atomic mass is 32.2. The Hall–Kier alpha value is -4.03. The Morgan fingerprint density at radius 3 is 2.62 bits per heavy atom. The van der Waals surface area contributed by atoms with Crippen LogP contribution in [0.3, 0.4) is 0 Å². The summed E-state index contributed by atoms with van der Waals surface area (Å²) >= 11 is 0. The highest BCUT2D eigenvalue weighted by Crippen LogP contribution is 2.34. The number of carbonyl (C=O) groups is 1. The first-order valence-electron chi connectivity index (χ1n) is 12.7. The van der Waals surface area contributed by atoms with Gasteiger partial charge in [0.25, 0.3) is 10.0 Å². The van der Waals surface area contributed by atoms with Gasteiger partial charge in [0.1, 0.15) is 24.2 Å². The second kappa shape index (κ2) is 9.93. The smallest absolute Gasteiger partial charge is 0.269 e. The van der Waals surface area contributed by atoms with E-state index in [1.807, 2.05) is 11.8 Å². The third-order valence-electron chi connectivity index (χ3n) is 7.35. The van der Waals surface area contributed by atoms with Crippen LogP contribution < -0.4 is 0 Å². The van der Waals surface area contributed by atoms with E-state index < -0.39 is 10.0 Å². The molecule has 0 atom stereocenters. The molecule has 39 heavy (non-hydrogen) atoms. The summed E-state index contributed by atoms with van der Waals surface area (Å²) in [4.78, 5) is 23.9. The number of benzene rings is 1. The van der Waals surface area contributed by atoms with Gasteiger partial charge in [0.05, 0.1) is 22.3 Å². The number of methoxy groups -OCH3 is 1. The number of hydrogen-bond donors (Lipinski definition) is 0. The van der Waals surface area contributed by atoms with Crippen molar-refractivity contribution in [2.24, 2.45) is 0 Å². The summed E-state index contributed by atoms with van der Waals surface area (Å²) in [5.74, 6) is 0.785. The normalized spacial score (nSPS) is 15.0. The molecule has 12 heteroatoms. The number of fused-ring (bicyclic) bond motifs is 3. The van der Waals surface area contributed by atoms with E-state index in [2.05, 4.69) is 14.7 Å². The maximum absolute atomic E-state index is 13.5. The van der Waals surface area contributed by atoms with Crippen LogP contribution in [0.1, 0.15) is 36.0 Å². The number of imidazole rings is 1. The highest BCUT2D eigenvalue weighted by molar-refractivity contribution is 7.90. The van der Waals surface area contributed by atoms with Crippen LogP contribution in [0.25, 0.3) is 22.1 Å². The fraction of sp³-hybridized carbons (Fsp3) is 0.333. The largest absolute Gasteiger partial charge is 0.375 e. The average Bonchev–Trinajstić information content (AvgIpc) is 3.66. The minimum Gasteiger partial charge on any atom is -0.375 e. The number of likely N-dealkylation sites (tertiary alicyclic amines) is 1. The molecule has 5 heterocycles. The predicted octanol–water partition coefficient (Wildman–Crippen LogP) is 3.32. The molecule has 1 saturated heterocycles. The van der Waals surface area contributed by atoms with E-state index in [9.17, 15) is 13.2 Å². The number of amides is 1. The minimum atomic E-state index is -3.84. The van der Waals surface area contributed by atoms with Gasteiger partial charge in [-0.15, -0.1) is 0 Å². The molecule has 0 N–H and O–H groups in total. The van der Waals surface area contributed by atoms with Crippen molar-refractivity contribution in [3.63, 3.8) is 0 Å². The van der Waals surface area contributed by atoms with Gasteiger partial charge in [-0.2, -0.15) is 0 Å². The summed E-state index contributed by atoms with van der Waals surface area (Å²) in [6.45, 7) is 3.14. The van der Waals surface area contributed by atoms with Crippen LogP contribution in [0.2, 0.25) is 0 Å². The third-order valence-corrected chi connectivity index (χ3v) is 9.03. The monoisotopic (exact) mass is 548 g/mol. The average molecular weight is 549 g/mol. The SMILES string of the molecule is COCC(=O)N1CCC(n2c(Cc3conc3C)nc3cnc4c(ccn4S(=O)(=O)c4ccccc4)c32)CC1. The molecule has 0 spiro atoms. The zero-order valence-corrected chi connectivity index (χ0v) is 22.5. The summed E-state index contributed by atoms with van der Waals surface area (Å²) < 4.78 is 40.6. The molecule has 4 aromatic heterocycles. The molecule has 202 valence electrons. The molecule has 11 nitrogen and oxygen atoms in total. The lowest BCUT2D eigenvalue weighted by molar-refractivity contribution is -0.136. The molecule has 0 radical (unpaired) electrons. The number of nitrogens with zero attached hydrogens (tertiary/aromatic N) is 6. The Labute approximate surface area is 225 Å². The Bertz CT molecular complexity index is 1760. The van der Waals surface area contributed by atoms with Crippen LogP contribution >= 0.6 is 0 Å². The number of pyridine rings is 1. The van der Waals surface area contributed by atoms with Crippen LogP contribution in [0.4, 0.5) is 0 Å². The highest BCUT2D eigenvalue weighted by Gasteiger charge is 2.29. The number of rotatable bonds is 7. The quantitative estimate of drug-likeness (QED) is 0.303. The summed E-state index contributed by atoms with van der Waals surface area (Å²) in [5.41, 5.74) is 3.56. The van der Waals surface area contributed by atoms with Crippen molar-refractivity contribution in [3.8, 4) is 0 Å². The Balaban J connectivity index is 1.48. The zero-order chi connectivity index (χ0) is 27.1. The van der Waals surface area contributed by atoms with E-state index >= 15 is 0 Å². The van der Waals surface area contributed by atoms with Crippen LogP contribution in [0.5, 0.6) is 0 Å². The lowest BCUT2D eigenvalue weighted by Crippen LogP contribution is -2.41. The van der Waals surface area contributed by atoms with Crippen molar-refractivity contribution < 1.29 is 22.5 Å². The predicted molar refractivity (Wildman–Crippen MR) is 143 cm³/mol. The van der Waals surface area contributed by atoms with Crippen LogP contribution in [0, 0.1) is 6.92 Å². The molecule has 1 amide bonds. The minimum absolute atomic E-state index is 0.0263. The van der Waals surface area contributed by atoms with Crippen molar-refractivity contribution in [2.45, 2.75) is 37.1 Å². The Kier molecular flexibility index (Phi) is 6.43. The zero-order valence-electron chi connectivity index (χ0n) is 21.6. The molecule has 0 unspecified atom stereocenters. The maximum Gasteiger partial charge on any atom is 0.269 e. The summed E-state index contributed by atoms with van der Waals surface area (Å²) in [7, 11) is -2.32. The standard InChI is InChI=1S/C27H28N6O5S/c1-18-19(16-38-30-18)14-24-29-23-15-28-27-22(10-13-32(27)39(35,36)21-6-4-3-5-7-21)26(23)33(24)20-8-11-31(12-9-20)25(34)17-37-2/h3-7,10,13,15-16,20H,8-9,11-12,14,17H2,1-2H3. The van der Waals surface area contributed by atoms with E-state index in [1.54, 1.807) is 55.1 Å². The second-order valence-electron chi connectivity index (χ2n) is 9.70. The van der Waals surface area contributed by atoms with Crippen LogP contribution in [-0.2, 0) is 26.0 Å². The van der Waals surface area contributed by atoms with E-state index in [4.69, 9.17) is 14.2 Å². The van der Waals surface area contributed by atoms with Gasteiger partial charge >= 0.3 is 0 Å². The molecule has 1 aliphatic heterocycles. The molecule has 0 bridgehead atoms. The van der Waals surface area contributed by atoms with Crippen molar-refractivity contribution in [1.82, 2.24) is 28.6 Å². The molecular formula is C27H28N6O5S. The lowest BCUT2D eigenvalue weighted by Gasteiger charge is -2.33. The van der Waals surface area contributed by atoms with Gasteiger partial charge in [-0.3, -0.25) is 4.79 Å². The molecule has 1 fully saturated rings. The topological polar surface area (TPSA) is 125 Å². The number of carbonyl (C=O) groups excluding carboxylic acids is 1. The van der Waals surface area contributed by atoms with Gasteiger partial charge in [0.15, 0.2) is 5.65 Å². The fourth-order valence-electron chi connectivity index (χ4n) is 5.35. The van der Waals surface area contributed by atoms with Gasteiger partial charge in [-0.1, -0.05) is 23.4 Å². The Morgan fingerprint density at radius 1 is 1.15 bits per heavy atom. The van der Waals surface area contributed by atoms with Gasteiger partial charge < -0.3 is 18.7 Å². The molecular weight excluding hydrogens is 520 g/mol. The van der Waals surface area contributed by atoms with E-state index in [0.717, 1.165) is 35.4 Å².